The first kappa shape index (κ1) is 21.7. The first-order valence-electron chi connectivity index (χ1n) is 11.6. The molecule has 172 valence electrons. The number of carbonyl (C=O) groups is 1. The van der Waals surface area contributed by atoms with E-state index in [1.165, 1.54) is 10.6 Å². The molecule has 2 saturated carbocycles. The summed E-state index contributed by atoms with van der Waals surface area (Å²) < 4.78 is 17.0. The van der Waals surface area contributed by atoms with Crippen LogP contribution >= 0.6 is 11.8 Å². The second-order valence-corrected chi connectivity index (χ2v) is 10.8. The molecular weight excluding hydrogens is 431 g/mol. The van der Waals surface area contributed by atoms with Gasteiger partial charge in [0.15, 0.2) is 0 Å². The molecule has 2 atom stereocenters. The van der Waals surface area contributed by atoms with Crippen LogP contribution in [0.1, 0.15) is 64.0 Å². The zero-order valence-corrected chi connectivity index (χ0v) is 19.1. The van der Waals surface area contributed by atoms with Gasteiger partial charge in [0.05, 0.1) is 11.6 Å². The number of fused-ring (bicyclic) bond motifs is 1. The van der Waals surface area contributed by atoms with Crippen LogP contribution in [-0.4, -0.2) is 37.6 Å². The van der Waals surface area contributed by atoms with E-state index in [2.05, 4.69) is 17.2 Å². The minimum Gasteiger partial charge on any atom is -0.353 e. The zero-order valence-electron chi connectivity index (χ0n) is 18.3. The van der Waals surface area contributed by atoms with Crippen molar-refractivity contribution >= 4 is 28.7 Å². The molecule has 0 aromatic carbocycles. The smallest absolute Gasteiger partial charge is 0.333 e. The number of carbonyl (C=O) groups excluding carboxylic acids is 1. The average molecular weight is 461 g/mol. The number of hydrogen-bond acceptors (Lipinski definition) is 5. The van der Waals surface area contributed by atoms with Crippen LogP contribution in [0.15, 0.2) is 21.9 Å². The number of nitrogens with one attached hydrogen (secondary N) is 1. The molecule has 7 nitrogen and oxygen atoms in total. The summed E-state index contributed by atoms with van der Waals surface area (Å²) in [5.41, 5.74) is -0.510. The van der Waals surface area contributed by atoms with Gasteiger partial charge in [0.2, 0.25) is 5.91 Å². The summed E-state index contributed by atoms with van der Waals surface area (Å²) in [5.74, 6) is 2.05. The van der Waals surface area contributed by atoms with Gasteiger partial charge in [0.1, 0.15) is 11.5 Å². The minimum atomic E-state index is -0.578. The molecule has 2 aliphatic carbocycles. The Morgan fingerprint density at radius 1 is 1.09 bits per heavy atom. The van der Waals surface area contributed by atoms with E-state index in [9.17, 15) is 18.8 Å². The summed E-state index contributed by atoms with van der Waals surface area (Å²) in [4.78, 5) is 43.3. The Bertz CT molecular complexity index is 1150. The normalized spacial score (nSPS) is 28.6. The van der Waals surface area contributed by atoms with Crippen LogP contribution in [0.4, 0.5) is 4.39 Å². The van der Waals surface area contributed by atoms with Crippen molar-refractivity contribution in [1.29, 1.82) is 0 Å². The van der Waals surface area contributed by atoms with Crippen molar-refractivity contribution in [2.24, 2.45) is 11.8 Å². The van der Waals surface area contributed by atoms with Crippen LogP contribution in [0, 0.1) is 17.7 Å². The molecule has 9 heteroatoms. The van der Waals surface area contributed by atoms with Gasteiger partial charge in [-0.05, 0) is 68.4 Å². The Kier molecular flexibility index (Phi) is 5.86. The third kappa shape index (κ3) is 4.00. The van der Waals surface area contributed by atoms with Crippen LogP contribution in [-0.2, 0) is 4.79 Å². The molecule has 2 unspecified atom stereocenters. The lowest BCUT2D eigenvalue weighted by Gasteiger charge is -2.31. The highest BCUT2D eigenvalue weighted by atomic mass is 32.2. The molecule has 1 amide bonds. The quantitative estimate of drug-likeness (QED) is 0.758. The average Bonchev–Trinajstić information content (AvgIpc) is 3.53. The molecule has 1 saturated heterocycles. The largest absolute Gasteiger partial charge is 0.353 e. The van der Waals surface area contributed by atoms with Crippen molar-refractivity contribution < 1.29 is 9.18 Å². The Hall–Kier alpha value is -2.16. The maximum atomic E-state index is 14.0. The summed E-state index contributed by atoms with van der Waals surface area (Å²) in [6, 6.07) is 1.00. The third-order valence-corrected chi connectivity index (χ3v) is 8.38. The molecule has 2 aromatic rings. The van der Waals surface area contributed by atoms with Crippen molar-refractivity contribution in [2.45, 2.75) is 70.0 Å². The monoisotopic (exact) mass is 460 g/mol. The maximum Gasteiger partial charge on any atom is 0.333 e. The number of thioether (sulfide) groups is 1. The highest BCUT2D eigenvalue weighted by molar-refractivity contribution is 7.99. The number of hydrogen-bond donors (Lipinski definition) is 1. The second-order valence-electron chi connectivity index (χ2n) is 9.53. The summed E-state index contributed by atoms with van der Waals surface area (Å²) in [5, 5.41) is 3.31. The second kappa shape index (κ2) is 8.65. The fourth-order valence-corrected chi connectivity index (χ4v) is 6.35. The third-order valence-electron chi connectivity index (χ3n) is 7.33. The number of amides is 1. The van der Waals surface area contributed by atoms with E-state index < -0.39 is 11.4 Å². The van der Waals surface area contributed by atoms with Gasteiger partial charge in [0.25, 0.3) is 5.56 Å². The topological polar surface area (TPSA) is 86.0 Å². The first-order chi connectivity index (χ1) is 15.4. The summed E-state index contributed by atoms with van der Waals surface area (Å²) in [6.45, 7) is 2.08. The molecule has 1 N–H and O–H groups in total. The van der Waals surface area contributed by atoms with Crippen LogP contribution in [0.25, 0.3) is 11.0 Å². The molecule has 0 bridgehead atoms. The molecule has 0 radical (unpaired) electrons. The Morgan fingerprint density at radius 3 is 2.41 bits per heavy atom. The van der Waals surface area contributed by atoms with Gasteiger partial charge in [-0.1, -0.05) is 6.92 Å². The predicted molar refractivity (Wildman–Crippen MR) is 123 cm³/mol. The molecule has 3 aliphatic rings. The van der Waals surface area contributed by atoms with Crippen LogP contribution in [0.3, 0.4) is 0 Å². The zero-order chi connectivity index (χ0) is 22.4. The van der Waals surface area contributed by atoms with Gasteiger partial charge in [0, 0.05) is 24.0 Å². The molecule has 32 heavy (non-hydrogen) atoms. The Morgan fingerprint density at radius 2 is 1.75 bits per heavy atom. The lowest BCUT2D eigenvalue weighted by atomic mass is 9.90. The minimum absolute atomic E-state index is 0.0350. The van der Waals surface area contributed by atoms with Gasteiger partial charge in [-0.2, -0.15) is 11.8 Å². The molecule has 0 spiro atoms. The SMILES string of the molecule is CC1CC1C(=O)N[C@H]1CC[C@@H](n2c(=O)c3cc(F)cnc3n(C3CCSCC3)c2=O)CC1. The van der Waals surface area contributed by atoms with Crippen LogP contribution in [0.2, 0.25) is 0 Å². The van der Waals surface area contributed by atoms with E-state index in [-0.39, 0.29) is 46.7 Å². The van der Waals surface area contributed by atoms with Crippen LogP contribution in [0.5, 0.6) is 0 Å². The number of nitrogens with zero attached hydrogens (tertiary/aromatic N) is 3. The van der Waals surface area contributed by atoms with Crippen molar-refractivity contribution in [1.82, 2.24) is 19.4 Å². The van der Waals surface area contributed by atoms with E-state index >= 15 is 0 Å². The highest BCUT2D eigenvalue weighted by Gasteiger charge is 2.40. The molecule has 3 heterocycles. The lowest BCUT2D eigenvalue weighted by molar-refractivity contribution is -0.123. The van der Waals surface area contributed by atoms with E-state index in [0.29, 0.717) is 18.8 Å². The Labute approximate surface area is 189 Å². The van der Waals surface area contributed by atoms with E-state index in [0.717, 1.165) is 49.8 Å². The fraction of sp³-hybridized carbons (Fsp3) is 0.652. The maximum absolute atomic E-state index is 14.0. The van der Waals surface area contributed by atoms with Crippen molar-refractivity contribution in [3.05, 3.63) is 38.9 Å². The predicted octanol–water partition coefficient (Wildman–Crippen LogP) is 3.02. The highest BCUT2D eigenvalue weighted by Crippen LogP contribution is 2.38. The molecule has 1 aliphatic heterocycles. The van der Waals surface area contributed by atoms with Crippen molar-refractivity contribution in [3.8, 4) is 0 Å². The van der Waals surface area contributed by atoms with Crippen molar-refractivity contribution in [3.63, 3.8) is 0 Å². The van der Waals surface area contributed by atoms with E-state index in [1.54, 1.807) is 4.57 Å². The van der Waals surface area contributed by atoms with Gasteiger partial charge >= 0.3 is 5.69 Å². The van der Waals surface area contributed by atoms with Gasteiger partial charge in [-0.3, -0.25) is 18.7 Å². The summed E-state index contributed by atoms with van der Waals surface area (Å²) in [6.07, 6.45) is 6.41. The number of halogens is 1. The van der Waals surface area contributed by atoms with Gasteiger partial charge in [-0.25, -0.2) is 14.2 Å². The number of pyridine rings is 1. The van der Waals surface area contributed by atoms with Crippen molar-refractivity contribution in [2.75, 3.05) is 11.5 Å². The molecule has 3 fully saturated rings. The molecule has 2 aromatic heterocycles. The van der Waals surface area contributed by atoms with Gasteiger partial charge < -0.3 is 5.32 Å². The number of aromatic nitrogens is 3. The first-order valence-corrected chi connectivity index (χ1v) is 12.8. The molecular formula is C23H29FN4O3S. The van der Waals surface area contributed by atoms with E-state index in [1.807, 2.05) is 11.8 Å². The number of rotatable bonds is 4. The standard InChI is InChI=1S/C23H29FN4O3S/c1-13-10-18(13)21(29)26-15-2-4-16(5-3-15)28-22(30)19-11-14(24)12-25-20(19)27(23(28)31)17-6-8-32-9-7-17/h11-13,15-18H,2-10H2,1H3,(H,26,29)/t13?,15-,16+,18?. The van der Waals surface area contributed by atoms with Crippen LogP contribution < -0.4 is 16.6 Å². The van der Waals surface area contributed by atoms with E-state index in [4.69, 9.17) is 0 Å². The summed E-state index contributed by atoms with van der Waals surface area (Å²) >= 11 is 1.86. The fourth-order valence-electron chi connectivity index (χ4n) is 5.27. The van der Waals surface area contributed by atoms with Gasteiger partial charge in [-0.15, -0.1) is 0 Å². The lowest BCUT2D eigenvalue weighted by Crippen LogP contribution is -2.46. The Balaban J connectivity index is 1.45. The summed E-state index contributed by atoms with van der Waals surface area (Å²) in [7, 11) is 0. The molecule has 5 rings (SSSR count).